The Balaban J connectivity index is 1.39. The van der Waals surface area contributed by atoms with E-state index in [1.807, 2.05) is 30.0 Å². The van der Waals surface area contributed by atoms with Crippen LogP contribution in [0.25, 0.3) is 6.08 Å². The van der Waals surface area contributed by atoms with E-state index in [9.17, 15) is 4.79 Å². The molecule has 0 atom stereocenters. The standard InChI is InChI=1S/C25H33N5O4/c1-18-15-22(27-25(26-18)30-9-5-6-10-30)28-11-13-29(14-12-28)23(31)8-7-19-16-20(32-2)24(34-4)21(17-19)33-3/h7-8,15-17H,5-6,9-14H2,1-4H3/b8-7+. The van der Waals surface area contributed by atoms with Crippen LogP contribution in [0, 0.1) is 6.92 Å². The van der Waals surface area contributed by atoms with Crippen molar-refractivity contribution in [1.29, 1.82) is 0 Å². The Morgan fingerprint density at radius 2 is 1.50 bits per heavy atom. The van der Waals surface area contributed by atoms with Gasteiger partial charge < -0.3 is 28.9 Å². The van der Waals surface area contributed by atoms with Crippen LogP contribution in [0.4, 0.5) is 11.8 Å². The molecule has 0 radical (unpaired) electrons. The van der Waals surface area contributed by atoms with E-state index in [4.69, 9.17) is 19.2 Å². The molecule has 4 rings (SSSR count). The highest BCUT2D eigenvalue weighted by Crippen LogP contribution is 2.38. The van der Waals surface area contributed by atoms with Gasteiger partial charge in [-0.15, -0.1) is 0 Å². The van der Waals surface area contributed by atoms with Crippen molar-refractivity contribution in [3.05, 3.63) is 35.5 Å². The fraction of sp³-hybridized carbons (Fsp3) is 0.480. The lowest BCUT2D eigenvalue weighted by Gasteiger charge is -2.35. The topological polar surface area (TPSA) is 80.3 Å². The summed E-state index contributed by atoms with van der Waals surface area (Å²) in [5.74, 6) is 3.36. The summed E-state index contributed by atoms with van der Waals surface area (Å²) in [7, 11) is 4.71. The van der Waals surface area contributed by atoms with Crippen molar-refractivity contribution in [2.24, 2.45) is 0 Å². The summed E-state index contributed by atoms with van der Waals surface area (Å²) >= 11 is 0. The van der Waals surface area contributed by atoms with Gasteiger partial charge in [0.2, 0.25) is 17.6 Å². The third-order valence-electron chi connectivity index (χ3n) is 6.24. The minimum Gasteiger partial charge on any atom is -0.493 e. The number of hydrogen-bond donors (Lipinski definition) is 0. The molecule has 9 heteroatoms. The number of carbonyl (C=O) groups is 1. The van der Waals surface area contributed by atoms with E-state index < -0.39 is 0 Å². The van der Waals surface area contributed by atoms with Crippen molar-refractivity contribution < 1.29 is 19.0 Å². The van der Waals surface area contributed by atoms with Crippen LogP contribution in [0.3, 0.4) is 0 Å². The first-order chi connectivity index (χ1) is 16.5. The zero-order chi connectivity index (χ0) is 24.1. The molecule has 182 valence electrons. The molecule has 1 aromatic carbocycles. The van der Waals surface area contributed by atoms with Crippen LogP contribution < -0.4 is 24.0 Å². The highest BCUT2D eigenvalue weighted by Gasteiger charge is 2.23. The number of piperazine rings is 1. The van der Waals surface area contributed by atoms with Crippen LogP contribution in [0.2, 0.25) is 0 Å². The van der Waals surface area contributed by atoms with E-state index in [-0.39, 0.29) is 5.91 Å². The van der Waals surface area contributed by atoms with Crippen LogP contribution >= 0.6 is 0 Å². The zero-order valence-electron chi connectivity index (χ0n) is 20.4. The van der Waals surface area contributed by atoms with Crippen molar-refractivity contribution in [2.45, 2.75) is 19.8 Å². The van der Waals surface area contributed by atoms with Gasteiger partial charge in [-0.2, -0.15) is 4.98 Å². The molecule has 2 aliphatic heterocycles. The fourth-order valence-electron chi connectivity index (χ4n) is 4.38. The Kier molecular flexibility index (Phi) is 7.40. The second-order valence-corrected chi connectivity index (χ2v) is 8.47. The molecule has 0 spiro atoms. The molecular formula is C25H33N5O4. The number of hydrogen-bond acceptors (Lipinski definition) is 8. The molecule has 1 amide bonds. The predicted molar refractivity (Wildman–Crippen MR) is 132 cm³/mol. The summed E-state index contributed by atoms with van der Waals surface area (Å²) in [5.41, 5.74) is 1.77. The first-order valence-corrected chi connectivity index (χ1v) is 11.6. The lowest BCUT2D eigenvalue weighted by molar-refractivity contribution is -0.126. The van der Waals surface area contributed by atoms with Gasteiger partial charge in [0, 0.05) is 57.1 Å². The first kappa shape index (κ1) is 23.7. The molecule has 0 N–H and O–H groups in total. The number of rotatable bonds is 7. The lowest BCUT2D eigenvalue weighted by Crippen LogP contribution is -2.48. The van der Waals surface area contributed by atoms with Gasteiger partial charge in [-0.1, -0.05) is 0 Å². The number of nitrogens with zero attached hydrogens (tertiary/aromatic N) is 5. The van der Waals surface area contributed by atoms with Gasteiger partial charge in [-0.25, -0.2) is 4.98 Å². The summed E-state index contributed by atoms with van der Waals surface area (Å²) in [6.07, 6.45) is 5.75. The normalized spacial score (nSPS) is 16.3. The quantitative estimate of drug-likeness (QED) is 0.575. The minimum absolute atomic E-state index is 0.0231. The number of ether oxygens (including phenoxy) is 3. The molecule has 2 aliphatic rings. The largest absolute Gasteiger partial charge is 0.493 e. The van der Waals surface area contributed by atoms with E-state index >= 15 is 0 Å². The van der Waals surface area contributed by atoms with Gasteiger partial charge in [-0.3, -0.25) is 4.79 Å². The highest BCUT2D eigenvalue weighted by molar-refractivity contribution is 5.92. The Morgan fingerprint density at radius 3 is 2.09 bits per heavy atom. The molecule has 2 aromatic rings. The fourth-order valence-corrected chi connectivity index (χ4v) is 4.38. The maximum absolute atomic E-state index is 12.8. The maximum Gasteiger partial charge on any atom is 0.246 e. The summed E-state index contributed by atoms with van der Waals surface area (Å²) in [5, 5.41) is 0. The van der Waals surface area contributed by atoms with Crippen molar-refractivity contribution in [1.82, 2.24) is 14.9 Å². The lowest BCUT2D eigenvalue weighted by atomic mass is 10.1. The van der Waals surface area contributed by atoms with E-state index in [2.05, 4.69) is 14.8 Å². The van der Waals surface area contributed by atoms with Crippen LogP contribution in [0.15, 0.2) is 24.3 Å². The number of aromatic nitrogens is 2. The molecule has 0 bridgehead atoms. The monoisotopic (exact) mass is 467 g/mol. The van der Waals surface area contributed by atoms with E-state index in [0.717, 1.165) is 49.2 Å². The third-order valence-corrected chi connectivity index (χ3v) is 6.24. The molecule has 0 saturated carbocycles. The minimum atomic E-state index is -0.0231. The molecule has 2 fully saturated rings. The highest BCUT2D eigenvalue weighted by atomic mass is 16.5. The second-order valence-electron chi connectivity index (χ2n) is 8.47. The summed E-state index contributed by atoms with van der Waals surface area (Å²) in [6, 6.07) is 5.67. The Bertz CT molecular complexity index is 1020. The SMILES string of the molecule is COc1cc(/C=C/C(=O)N2CCN(c3cc(C)nc(N4CCCC4)n3)CC2)cc(OC)c1OC. The molecule has 2 saturated heterocycles. The number of methoxy groups -OCH3 is 3. The second kappa shape index (κ2) is 10.6. The summed E-state index contributed by atoms with van der Waals surface area (Å²) in [6.45, 7) is 6.80. The Morgan fingerprint density at radius 1 is 0.853 bits per heavy atom. The van der Waals surface area contributed by atoms with Gasteiger partial charge >= 0.3 is 0 Å². The average molecular weight is 468 g/mol. The molecular weight excluding hydrogens is 434 g/mol. The molecule has 3 heterocycles. The van der Waals surface area contributed by atoms with Crippen molar-refractivity contribution in [2.75, 3.05) is 70.4 Å². The summed E-state index contributed by atoms with van der Waals surface area (Å²) < 4.78 is 16.1. The van der Waals surface area contributed by atoms with Gasteiger partial charge in [0.1, 0.15) is 5.82 Å². The number of anilines is 2. The van der Waals surface area contributed by atoms with E-state index in [0.29, 0.717) is 30.3 Å². The van der Waals surface area contributed by atoms with Crippen LogP contribution in [-0.4, -0.2) is 81.4 Å². The molecule has 34 heavy (non-hydrogen) atoms. The van der Waals surface area contributed by atoms with Crippen molar-refractivity contribution in [3.8, 4) is 17.2 Å². The van der Waals surface area contributed by atoms with Gasteiger partial charge in [0.05, 0.1) is 21.3 Å². The van der Waals surface area contributed by atoms with E-state index in [1.54, 1.807) is 33.5 Å². The Hall–Kier alpha value is -3.49. The number of carbonyl (C=O) groups excluding carboxylic acids is 1. The smallest absolute Gasteiger partial charge is 0.246 e. The molecule has 1 aromatic heterocycles. The van der Waals surface area contributed by atoms with Crippen LogP contribution in [0.5, 0.6) is 17.2 Å². The Labute approximate surface area is 200 Å². The van der Waals surface area contributed by atoms with E-state index in [1.165, 1.54) is 12.8 Å². The molecule has 9 nitrogen and oxygen atoms in total. The summed E-state index contributed by atoms with van der Waals surface area (Å²) in [4.78, 5) is 28.6. The van der Waals surface area contributed by atoms with Gasteiger partial charge in [0.25, 0.3) is 0 Å². The van der Waals surface area contributed by atoms with Crippen LogP contribution in [0.1, 0.15) is 24.1 Å². The van der Waals surface area contributed by atoms with Gasteiger partial charge in [0.15, 0.2) is 11.5 Å². The molecule has 0 aliphatic carbocycles. The van der Waals surface area contributed by atoms with Crippen LogP contribution in [-0.2, 0) is 4.79 Å². The third kappa shape index (κ3) is 5.18. The molecule has 0 unspecified atom stereocenters. The zero-order valence-corrected chi connectivity index (χ0v) is 20.4. The predicted octanol–water partition coefficient (Wildman–Crippen LogP) is 2.77. The average Bonchev–Trinajstić information content (AvgIpc) is 3.41. The van der Waals surface area contributed by atoms with Crippen molar-refractivity contribution >= 4 is 23.7 Å². The first-order valence-electron chi connectivity index (χ1n) is 11.6. The maximum atomic E-state index is 12.8. The number of amides is 1. The number of aryl methyl sites for hydroxylation is 1. The number of benzene rings is 1. The van der Waals surface area contributed by atoms with Crippen molar-refractivity contribution in [3.63, 3.8) is 0 Å². The van der Waals surface area contributed by atoms with Gasteiger partial charge in [-0.05, 0) is 43.5 Å².